The highest BCUT2D eigenvalue weighted by Gasteiger charge is 2.38. The smallest absolute Gasteiger partial charge is 0.416 e. The van der Waals surface area contributed by atoms with Crippen LogP contribution in [0.4, 0.5) is 32.0 Å². The fourth-order valence-electron chi connectivity index (χ4n) is 4.78. The van der Waals surface area contributed by atoms with Gasteiger partial charge in [-0.25, -0.2) is 0 Å². The number of methoxy groups -OCH3 is 1. The molecule has 13 heteroatoms. The molecule has 6 nitrogen and oxygen atoms in total. The average molecular weight is 624 g/mol. The van der Waals surface area contributed by atoms with Gasteiger partial charge in [0.1, 0.15) is 12.4 Å². The van der Waals surface area contributed by atoms with Crippen LogP contribution in [0.5, 0.6) is 17.2 Å². The van der Waals surface area contributed by atoms with E-state index < -0.39 is 35.6 Å². The molecule has 3 aromatic carbocycles. The van der Waals surface area contributed by atoms with Crippen LogP contribution in [0.15, 0.2) is 70.6 Å². The zero-order chi connectivity index (χ0) is 30.8. The normalized spacial score (nSPS) is 18.8. The molecule has 1 saturated heterocycles. The van der Waals surface area contributed by atoms with Crippen LogP contribution in [0, 0.1) is 0 Å². The third-order valence-corrected chi connectivity index (χ3v) is 8.16. The third-order valence-electron chi connectivity index (χ3n) is 7.03. The number of piperazine rings is 1. The molecule has 228 valence electrons. The maximum Gasteiger partial charge on any atom is 0.416 e. The number of phenols is 1. The summed E-state index contributed by atoms with van der Waals surface area (Å²) in [6.45, 7) is 2.68. The maximum atomic E-state index is 13.5. The molecule has 0 spiro atoms. The first-order valence-electron chi connectivity index (χ1n) is 13.2. The van der Waals surface area contributed by atoms with Gasteiger partial charge in [-0.1, -0.05) is 23.9 Å². The van der Waals surface area contributed by atoms with E-state index in [1.54, 1.807) is 48.3 Å². The van der Waals surface area contributed by atoms with Crippen molar-refractivity contribution in [2.24, 2.45) is 4.99 Å². The lowest BCUT2D eigenvalue weighted by Crippen LogP contribution is -2.48. The number of allylic oxidation sites excluding steroid dienone is 1. The van der Waals surface area contributed by atoms with Gasteiger partial charge in [0.2, 0.25) is 0 Å². The van der Waals surface area contributed by atoms with E-state index >= 15 is 0 Å². The van der Waals surface area contributed by atoms with Crippen LogP contribution in [0.1, 0.15) is 22.3 Å². The zero-order valence-corrected chi connectivity index (χ0v) is 23.6. The molecule has 1 fully saturated rings. The summed E-state index contributed by atoms with van der Waals surface area (Å²) in [5.74, 6) is 0.641. The Morgan fingerprint density at radius 1 is 0.907 bits per heavy atom. The number of nitrogens with zero attached hydrogens (tertiary/aromatic N) is 3. The molecule has 1 N–H and O–H groups in total. The van der Waals surface area contributed by atoms with Crippen molar-refractivity contribution in [3.63, 3.8) is 0 Å². The predicted octanol–water partition coefficient (Wildman–Crippen LogP) is 7.28. The second-order valence-electron chi connectivity index (χ2n) is 9.87. The van der Waals surface area contributed by atoms with Crippen molar-refractivity contribution >= 4 is 29.7 Å². The topological polar surface area (TPSA) is 57.5 Å². The summed E-state index contributed by atoms with van der Waals surface area (Å²) in [6.07, 6.45) is -6.19. The van der Waals surface area contributed by atoms with Crippen molar-refractivity contribution in [1.29, 1.82) is 0 Å². The van der Waals surface area contributed by atoms with E-state index in [1.807, 2.05) is 18.2 Å². The molecule has 0 radical (unpaired) electrons. The van der Waals surface area contributed by atoms with E-state index in [0.29, 0.717) is 6.07 Å². The Hall–Kier alpha value is -3.84. The van der Waals surface area contributed by atoms with E-state index in [9.17, 15) is 31.4 Å². The number of thioether (sulfide) groups is 1. The van der Waals surface area contributed by atoms with Gasteiger partial charge in [0, 0.05) is 48.5 Å². The highest BCUT2D eigenvalue weighted by Crippen LogP contribution is 2.39. The summed E-state index contributed by atoms with van der Waals surface area (Å²) in [4.78, 5) is 10.1. The zero-order valence-electron chi connectivity index (χ0n) is 22.8. The molecule has 2 aliphatic rings. The monoisotopic (exact) mass is 623 g/mol. The Labute approximate surface area is 248 Å². The lowest BCUT2D eigenvalue weighted by molar-refractivity contribution is -0.143. The Morgan fingerprint density at radius 3 is 2.28 bits per heavy atom. The van der Waals surface area contributed by atoms with Gasteiger partial charge in [-0.3, -0.25) is 9.89 Å². The first-order chi connectivity index (χ1) is 20.4. The number of phenolic OH excluding ortho intramolecular Hbond substituents is 1. The minimum Gasteiger partial charge on any atom is -0.508 e. The summed E-state index contributed by atoms with van der Waals surface area (Å²) >= 11 is 1.60. The molecular weight excluding hydrogens is 596 g/mol. The SMILES string of the molecule is COc1cc(C=C2C=NC(N3CCN(c4ccc(O)cc4)CC3)S2)ccc1OCc1ccc(C(F)(F)F)cc1C(F)(F)F. The van der Waals surface area contributed by atoms with Crippen LogP contribution in [-0.2, 0) is 19.0 Å². The van der Waals surface area contributed by atoms with Gasteiger partial charge in [0.15, 0.2) is 17.0 Å². The van der Waals surface area contributed by atoms with E-state index in [-0.39, 0.29) is 28.8 Å². The van der Waals surface area contributed by atoms with Crippen molar-refractivity contribution in [3.8, 4) is 17.2 Å². The summed E-state index contributed by atoms with van der Waals surface area (Å²) < 4.78 is 90.4. The molecule has 43 heavy (non-hydrogen) atoms. The number of ether oxygens (including phenoxy) is 2. The summed E-state index contributed by atoms with van der Waals surface area (Å²) in [5, 5.41) is 9.52. The number of halogens is 6. The van der Waals surface area contributed by atoms with Gasteiger partial charge in [-0.2, -0.15) is 26.3 Å². The molecule has 0 bridgehead atoms. The van der Waals surface area contributed by atoms with Crippen molar-refractivity contribution < 1.29 is 40.9 Å². The highest BCUT2D eigenvalue weighted by atomic mass is 32.2. The Kier molecular flexibility index (Phi) is 8.84. The number of rotatable bonds is 7. The van der Waals surface area contributed by atoms with Crippen molar-refractivity contribution in [2.75, 3.05) is 38.2 Å². The maximum absolute atomic E-state index is 13.5. The van der Waals surface area contributed by atoms with Gasteiger partial charge < -0.3 is 19.5 Å². The molecule has 0 saturated carbocycles. The first kappa shape index (κ1) is 30.6. The van der Waals surface area contributed by atoms with Gasteiger partial charge in [0.25, 0.3) is 0 Å². The number of anilines is 1. The molecule has 0 aromatic heterocycles. The number of benzene rings is 3. The molecule has 1 atom stereocenters. The molecular formula is C30H27F6N3O3S. The van der Waals surface area contributed by atoms with Crippen molar-refractivity contribution in [1.82, 2.24) is 4.90 Å². The fourth-order valence-corrected chi connectivity index (χ4v) is 5.83. The number of aromatic hydroxyl groups is 1. The largest absolute Gasteiger partial charge is 0.508 e. The van der Waals surface area contributed by atoms with Crippen LogP contribution in [0.25, 0.3) is 6.08 Å². The molecule has 0 amide bonds. The van der Waals surface area contributed by atoms with Gasteiger partial charge in [-0.15, -0.1) is 0 Å². The van der Waals surface area contributed by atoms with Crippen LogP contribution in [0.3, 0.4) is 0 Å². The summed E-state index contributed by atoms with van der Waals surface area (Å²) in [5.41, 5.74) is -1.47. The molecule has 5 rings (SSSR count). The lowest BCUT2D eigenvalue weighted by Gasteiger charge is -2.37. The quantitative estimate of drug-likeness (QED) is 0.279. The number of hydrogen-bond acceptors (Lipinski definition) is 7. The van der Waals surface area contributed by atoms with Crippen LogP contribution in [0.2, 0.25) is 0 Å². The van der Waals surface area contributed by atoms with E-state index in [1.165, 1.54) is 7.11 Å². The summed E-state index contributed by atoms with van der Waals surface area (Å²) in [6, 6.07) is 13.5. The highest BCUT2D eigenvalue weighted by molar-refractivity contribution is 8.04. The third kappa shape index (κ3) is 7.39. The fraction of sp³-hybridized carbons (Fsp3) is 0.300. The van der Waals surface area contributed by atoms with E-state index in [4.69, 9.17) is 9.47 Å². The average Bonchev–Trinajstić information content (AvgIpc) is 3.44. The second kappa shape index (κ2) is 12.4. The van der Waals surface area contributed by atoms with E-state index in [0.717, 1.165) is 48.4 Å². The molecule has 1 unspecified atom stereocenters. The lowest BCUT2D eigenvalue weighted by atomic mass is 10.0. The number of hydrogen-bond donors (Lipinski definition) is 1. The Bertz CT molecular complexity index is 1500. The van der Waals surface area contributed by atoms with Crippen molar-refractivity contribution in [2.45, 2.75) is 24.5 Å². The molecule has 0 aliphatic carbocycles. The number of aliphatic imine (C=N–C) groups is 1. The van der Waals surface area contributed by atoms with E-state index in [2.05, 4.69) is 14.8 Å². The molecule has 2 heterocycles. The van der Waals surface area contributed by atoms with Crippen LogP contribution < -0.4 is 14.4 Å². The molecule has 2 aliphatic heterocycles. The standard InChI is InChI=1S/C30H27F6N3O3S/c1-41-27-15-19(2-9-26(27)42-18-20-3-4-21(29(31,32)33)16-25(20)30(34,35)36)14-24-17-37-28(43-24)39-12-10-38(11-13-39)22-5-7-23(40)8-6-22/h2-9,14-17,28,40H,10-13,18H2,1H3. The van der Waals surface area contributed by atoms with Gasteiger partial charge >= 0.3 is 12.4 Å². The predicted molar refractivity (Wildman–Crippen MR) is 154 cm³/mol. The van der Waals surface area contributed by atoms with Gasteiger partial charge in [0.05, 0.1) is 18.2 Å². The number of alkyl halides is 6. The Morgan fingerprint density at radius 2 is 1.63 bits per heavy atom. The minimum absolute atomic E-state index is 0.0655. The first-order valence-corrected chi connectivity index (χ1v) is 14.1. The second-order valence-corrected chi connectivity index (χ2v) is 11.0. The van der Waals surface area contributed by atoms with Crippen molar-refractivity contribution in [3.05, 3.63) is 87.8 Å². The summed E-state index contributed by atoms with van der Waals surface area (Å²) in [7, 11) is 1.39. The molecule has 3 aromatic rings. The van der Waals surface area contributed by atoms with Gasteiger partial charge in [-0.05, 0) is 60.2 Å². The Balaban J connectivity index is 1.21. The van der Waals surface area contributed by atoms with Crippen LogP contribution >= 0.6 is 11.8 Å². The van der Waals surface area contributed by atoms with Crippen LogP contribution in [-0.4, -0.2) is 55.0 Å². The minimum atomic E-state index is -4.99.